The van der Waals surface area contributed by atoms with Gasteiger partial charge in [-0.25, -0.2) is 9.59 Å². The van der Waals surface area contributed by atoms with Crippen molar-refractivity contribution in [2.45, 2.75) is 44.1 Å². The van der Waals surface area contributed by atoms with Crippen LogP contribution in [0, 0.1) is 0 Å². The van der Waals surface area contributed by atoms with Gasteiger partial charge in [-0.05, 0) is 24.8 Å². The van der Waals surface area contributed by atoms with Crippen molar-refractivity contribution in [2.24, 2.45) is 0 Å². The molecule has 1 aliphatic carbocycles. The zero-order chi connectivity index (χ0) is 15.5. The highest BCUT2D eigenvalue weighted by atomic mass is 16.6. The van der Waals surface area contributed by atoms with E-state index in [-0.39, 0.29) is 12.7 Å². The molecule has 0 spiro atoms. The summed E-state index contributed by atoms with van der Waals surface area (Å²) >= 11 is 0. The molecule has 2 aliphatic rings. The fourth-order valence-electron chi connectivity index (χ4n) is 2.71. The van der Waals surface area contributed by atoms with E-state index < -0.39 is 24.3 Å². The molecule has 1 saturated heterocycles. The number of hydrogen-bond donors (Lipinski definition) is 1. The summed E-state index contributed by atoms with van der Waals surface area (Å²) in [5, 5.41) is 9.42. The molecule has 0 aromatic heterocycles. The molecule has 118 valence electrons. The zero-order valence-corrected chi connectivity index (χ0v) is 12.2. The monoisotopic (exact) mass is 305 g/mol. The van der Waals surface area contributed by atoms with Crippen LogP contribution in [0.3, 0.4) is 0 Å². The van der Waals surface area contributed by atoms with E-state index in [2.05, 4.69) is 0 Å². The van der Waals surface area contributed by atoms with Crippen LogP contribution in [0.2, 0.25) is 0 Å². The van der Waals surface area contributed by atoms with Crippen LogP contribution in [-0.2, 0) is 20.7 Å². The summed E-state index contributed by atoms with van der Waals surface area (Å²) in [6.07, 6.45) is 1.62. The van der Waals surface area contributed by atoms with Crippen LogP contribution in [0.1, 0.15) is 24.8 Å². The third-order valence-corrected chi connectivity index (χ3v) is 4.19. The predicted octanol–water partition coefficient (Wildman–Crippen LogP) is 2.03. The molecule has 0 bridgehead atoms. The maximum absolute atomic E-state index is 12.0. The Balaban J connectivity index is 1.67. The van der Waals surface area contributed by atoms with Gasteiger partial charge >= 0.3 is 12.1 Å². The molecule has 6 nitrogen and oxygen atoms in total. The van der Waals surface area contributed by atoms with Crippen LogP contribution in [0.5, 0.6) is 0 Å². The number of ether oxygens (including phenoxy) is 2. The third-order valence-electron chi connectivity index (χ3n) is 4.19. The Kier molecular flexibility index (Phi) is 4.29. The first kappa shape index (κ1) is 14.8. The Morgan fingerprint density at radius 3 is 2.64 bits per heavy atom. The van der Waals surface area contributed by atoms with Gasteiger partial charge in [0.1, 0.15) is 0 Å². The average Bonchev–Trinajstić information content (AvgIpc) is 2.74. The molecular formula is C16H19NO5. The largest absolute Gasteiger partial charge is 0.465 e. The summed E-state index contributed by atoms with van der Waals surface area (Å²) in [5.41, 5.74) is 0.923. The molecule has 3 rings (SSSR count). The summed E-state index contributed by atoms with van der Waals surface area (Å²) < 4.78 is 10.9. The molecular weight excluding hydrogens is 286 g/mol. The van der Waals surface area contributed by atoms with Crippen LogP contribution in [-0.4, -0.2) is 47.0 Å². The van der Waals surface area contributed by atoms with E-state index in [1.807, 2.05) is 30.3 Å². The molecule has 2 atom stereocenters. The van der Waals surface area contributed by atoms with Gasteiger partial charge in [-0.2, -0.15) is 0 Å². The highest BCUT2D eigenvalue weighted by Gasteiger charge is 2.45. The van der Waals surface area contributed by atoms with Gasteiger partial charge in [-0.1, -0.05) is 30.3 Å². The number of carbonyl (C=O) groups excluding carboxylic acids is 1. The minimum atomic E-state index is -1.16. The highest BCUT2D eigenvalue weighted by molar-refractivity contribution is 5.84. The van der Waals surface area contributed by atoms with Crippen molar-refractivity contribution >= 4 is 12.1 Å². The van der Waals surface area contributed by atoms with Crippen molar-refractivity contribution in [3.8, 4) is 0 Å². The van der Waals surface area contributed by atoms with Gasteiger partial charge in [0, 0.05) is 6.42 Å². The number of hydrogen-bond acceptors (Lipinski definition) is 4. The van der Waals surface area contributed by atoms with Crippen LogP contribution in [0.25, 0.3) is 0 Å². The molecule has 1 unspecified atom stereocenters. The molecule has 22 heavy (non-hydrogen) atoms. The Morgan fingerprint density at radius 1 is 1.32 bits per heavy atom. The van der Waals surface area contributed by atoms with E-state index in [9.17, 15) is 14.7 Å². The quantitative estimate of drug-likeness (QED) is 0.842. The lowest BCUT2D eigenvalue weighted by Crippen LogP contribution is -2.45. The number of amides is 1. The Morgan fingerprint density at radius 2 is 2.05 bits per heavy atom. The Labute approximate surface area is 128 Å². The lowest BCUT2D eigenvalue weighted by molar-refractivity contribution is -0.144. The van der Waals surface area contributed by atoms with Gasteiger partial charge in [0.25, 0.3) is 0 Å². The van der Waals surface area contributed by atoms with Crippen molar-refractivity contribution in [3.05, 3.63) is 35.9 Å². The normalized spacial score (nSPS) is 24.9. The van der Waals surface area contributed by atoms with E-state index in [1.54, 1.807) is 0 Å². The molecule has 0 radical (unpaired) electrons. The van der Waals surface area contributed by atoms with E-state index in [0.29, 0.717) is 6.42 Å². The van der Waals surface area contributed by atoms with Crippen molar-refractivity contribution in [1.82, 2.24) is 4.90 Å². The second-order valence-corrected chi connectivity index (χ2v) is 5.67. The first-order chi connectivity index (χ1) is 10.6. The summed E-state index contributed by atoms with van der Waals surface area (Å²) in [6.45, 7) is 0.0705. The minimum Gasteiger partial charge on any atom is -0.465 e. The van der Waals surface area contributed by atoms with Gasteiger partial charge in [0.15, 0.2) is 12.3 Å². The van der Waals surface area contributed by atoms with E-state index in [4.69, 9.17) is 9.47 Å². The molecule has 1 amide bonds. The number of esters is 1. The predicted molar refractivity (Wildman–Crippen MR) is 77.3 cm³/mol. The topological polar surface area (TPSA) is 76.1 Å². The molecule has 6 heteroatoms. The fourth-order valence-corrected chi connectivity index (χ4v) is 2.71. The lowest BCUT2D eigenvalue weighted by atomic mass is 9.96. The van der Waals surface area contributed by atoms with Crippen molar-refractivity contribution in [2.75, 3.05) is 6.61 Å². The van der Waals surface area contributed by atoms with Crippen LogP contribution in [0.4, 0.5) is 4.79 Å². The molecule has 1 aromatic carbocycles. The number of cyclic esters (lactones) is 1. The summed E-state index contributed by atoms with van der Waals surface area (Å²) in [5.74, 6) is -0.525. The molecule has 1 heterocycles. The molecule has 2 fully saturated rings. The van der Waals surface area contributed by atoms with Crippen molar-refractivity contribution in [1.29, 1.82) is 0 Å². The summed E-state index contributed by atoms with van der Waals surface area (Å²) in [4.78, 5) is 24.6. The zero-order valence-electron chi connectivity index (χ0n) is 12.2. The van der Waals surface area contributed by atoms with Gasteiger partial charge in [0.2, 0.25) is 0 Å². The second kappa shape index (κ2) is 6.36. The maximum Gasteiger partial charge on any atom is 0.411 e. The Hall–Kier alpha value is -2.08. The molecule has 1 aliphatic heterocycles. The van der Waals surface area contributed by atoms with Crippen LogP contribution in [0.15, 0.2) is 30.3 Å². The number of benzene rings is 1. The van der Waals surface area contributed by atoms with E-state index in [0.717, 1.165) is 29.7 Å². The average molecular weight is 305 g/mol. The first-order valence-electron chi connectivity index (χ1n) is 7.52. The number of rotatable bonds is 5. The van der Waals surface area contributed by atoms with Gasteiger partial charge in [-0.15, -0.1) is 0 Å². The van der Waals surface area contributed by atoms with E-state index >= 15 is 0 Å². The van der Waals surface area contributed by atoms with Crippen molar-refractivity contribution < 1.29 is 24.2 Å². The molecule has 1 aromatic rings. The minimum absolute atomic E-state index is 0.0705. The SMILES string of the molecule is O=C1OC(Cc2ccccc2)N(C(=O)O)[C@H]1COC1CCC1. The smallest absolute Gasteiger partial charge is 0.411 e. The van der Waals surface area contributed by atoms with Gasteiger partial charge in [-0.3, -0.25) is 4.90 Å². The standard InChI is InChI=1S/C16H19NO5/c18-15-13(10-21-12-7-4-8-12)17(16(19)20)14(22-15)9-11-5-2-1-3-6-11/h1-3,5-6,12-14H,4,7-10H2,(H,19,20)/t13-,14?/m0/s1. The van der Waals surface area contributed by atoms with Crippen LogP contribution >= 0.6 is 0 Å². The van der Waals surface area contributed by atoms with Gasteiger partial charge < -0.3 is 14.6 Å². The highest BCUT2D eigenvalue weighted by Crippen LogP contribution is 2.26. The first-order valence-corrected chi connectivity index (χ1v) is 7.52. The second-order valence-electron chi connectivity index (χ2n) is 5.67. The molecule has 1 saturated carbocycles. The Bertz CT molecular complexity index is 543. The number of carbonyl (C=O) groups is 2. The molecule has 1 N–H and O–H groups in total. The van der Waals surface area contributed by atoms with Crippen LogP contribution < -0.4 is 0 Å². The number of carboxylic acid groups (broad SMARTS) is 1. The third kappa shape index (κ3) is 3.06. The maximum atomic E-state index is 12.0. The van der Waals surface area contributed by atoms with Crippen molar-refractivity contribution in [3.63, 3.8) is 0 Å². The lowest BCUT2D eigenvalue weighted by Gasteiger charge is -2.28. The van der Waals surface area contributed by atoms with Gasteiger partial charge in [0.05, 0.1) is 12.7 Å². The fraction of sp³-hybridized carbons (Fsp3) is 0.500. The number of nitrogens with zero attached hydrogens (tertiary/aromatic N) is 1. The van der Waals surface area contributed by atoms with E-state index in [1.165, 1.54) is 0 Å². The summed E-state index contributed by atoms with van der Waals surface area (Å²) in [6, 6.07) is 8.52. The summed E-state index contributed by atoms with van der Waals surface area (Å²) in [7, 11) is 0.